The van der Waals surface area contributed by atoms with E-state index in [0.29, 0.717) is 13.1 Å². The monoisotopic (exact) mass is 448 g/mol. The number of rotatable bonds is 9. The number of nitrogens with zero attached hydrogens (tertiary/aromatic N) is 2. The fourth-order valence-electron chi connectivity index (χ4n) is 3.32. The molecule has 0 bridgehead atoms. The van der Waals surface area contributed by atoms with E-state index < -0.39 is 17.0 Å². The van der Waals surface area contributed by atoms with Gasteiger partial charge in [0, 0.05) is 19.2 Å². The highest BCUT2D eigenvalue weighted by Gasteiger charge is 2.26. The summed E-state index contributed by atoms with van der Waals surface area (Å²) in [6.45, 7) is 2.16. The van der Waals surface area contributed by atoms with E-state index in [1.807, 2.05) is 60.7 Å². The zero-order chi connectivity index (χ0) is 23.8. The Kier molecular flexibility index (Phi) is 7.75. The fourth-order valence-corrected chi connectivity index (χ4v) is 3.32. The summed E-state index contributed by atoms with van der Waals surface area (Å²) in [5.74, 6) is -1.18. The molecule has 170 valence electrons. The van der Waals surface area contributed by atoms with Crippen LogP contribution in [0.25, 0.3) is 0 Å². The maximum absolute atomic E-state index is 13.2. The number of esters is 1. The van der Waals surface area contributed by atoms with E-state index in [-0.39, 0.29) is 22.9 Å². The van der Waals surface area contributed by atoms with E-state index in [0.717, 1.165) is 17.2 Å². The van der Waals surface area contributed by atoms with Gasteiger partial charge in [-0.05, 0) is 30.2 Å². The average molecular weight is 448 g/mol. The van der Waals surface area contributed by atoms with E-state index in [4.69, 9.17) is 9.47 Å². The predicted octanol–water partition coefficient (Wildman–Crippen LogP) is 4.38. The second-order valence-electron chi connectivity index (χ2n) is 7.36. The van der Waals surface area contributed by atoms with Gasteiger partial charge in [-0.1, -0.05) is 60.7 Å². The first-order chi connectivity index (χ1) is 15.9. The fraction of sp³-hybridized carbons (Fsp3) is 0.200. The summed E-state index contributed by atoms with van der Waals surface area (Å²) >= 11 is 0. The van der Waals surface area contributed by atoms with Crippen LogP contribution in [0, 0.1) is 10.1 Å². The molecule has 0 fully saturated rings. The van der Waals surface area contributed by atoms with Crippen LogP contribution in [-0.4, -0.2) is 34.9 Å². The van der Waals surface area contributed by atoms with Crippen molar-refractivity contribution < 1.29 is 24.0 Å². The molecule has 0 aliphatic rings. The Morgan fingerprint density at radius 3 is 1.97 bits per heavy atom. The van der Waals surface area contributed by atoms with E-state index in [9.17, 15) is 19.7 Å². The van der Waals surface area contributed by atoms with Crippen LogP contribution in [-0.2, 0) is 22.6 Å². The van der Waals surface area contributed by atoms with Gasteiger partial charge in [-0.15, -0.1) is 0 Å². The SMILES string of the molecule is COc1ccc(C(=O)O[C@@H](C)C(=O)N(Cc2ccccc2)Cc2ccccc2)cc1[N+](=O)[O-]. The third-order valence-electron chi connectivity index (χ3n) is 4.99. The summed E-state index contributed by atoms with van der Waals surface area (Å²) in [5.41, 5.74) is 1.47. The van der Waals surface area contributed by atoms with Gasteiger partial charge in [-0.3, -0.25) is 14.9 Å². The summed E-state index contributed by atoms with van der Waals surface area (Å²) < 4.78 is 10.3. The van der Waals surface area contributed by atoms with E-state index in [2.05, 4.69) is 0 Å². The molecular weight excluding hydrogens is 424 g/mol. The summed E-state index contributed by atoms with van der Waals surface area (Å²) in [6.07, 6.45) is -1.09. The molecule has 33 heavy (non-hydrogen) atoms. The molecule has 0 unspecified atom stereocenters. The number of carbonyl (C=O) groups is 2. The van der Waals surface area contributed by atoms with Gasteiger partial charge < -0.3 is 14.4 Å². The lowest BCUT2D eigenvalue weighted by molar-refractivity contribution is -0.385. The quantitative estimate of drug-likeness (QED) is 0.274. The molecular formula is C25H24N2O6. The maximum atomic E-state index is 13.2. The third kappa shape index (κ3) is 6.16. The normalized spacial score (nSPS) is 11.3. The number of amides is 1. The Morgan fingerprint density at radius 1 is 0.939 bits per heavy atom. The molecule has 0 aliphatic carbocycles. The van der Waals surface area contributed by atoms with Crippen LogP contribution in [0.1, 0.15) is 28.4 Å². The molecule has 1 atom stereocenters. The number of methoxy groups -OCH3 is 1. The molecule has 0 aliphatic heterocycles. The Hall–Kier alpha value is -4.20. The van der Waals surface area contributed by atoms with Gasteiger partial charge >= 0.3 is 11.7 Å². The minimum atomic E-state index is -1.09. The highest BCUT2D eigenvalue weighted by atomic mass is 16.6. The van der Waals surface area contributed by atoms with Crippen LogP contribution in [0.4, 0.5) is 5.69 Å². The lowest BCUT2D eigenvalue weighted by Crippen LogP contribution is -2.39. The van der Waals surface area contributed by atoms with Gasteiger partial charge in [0.05, 0.1) is 17.6 Å². The van der Waals surface area contributed by atoms with Crippen molar-refractivity contribution in [3.8, 4) is 5.75 Å². The van der Waals surface area contributed by atoms with Crippen LogP contribution in [0.2, 0.25) is 0 Å². The number of hydrogen-bond acceptors (Lipinski definition) is 6. The van der Waals surface area contributed by atoms with Crippen molar-refractivity contribution in [1.82, 2.24) is 4.90 Å². The Labute approximate surface area is 191 Å². The Bertz CT molecular complexity index is 1080. The Morgan fingerprint density at radius 2 is 1.48 bits per heavy atom. The lowest BCUT2D eigenvalue weighted by atomic mass is 10.1. The second kappa shape index (κ2) is 10.9. The lowest BCUT2D eigenvalue weighted by Gasteiger charge is -2.26. The first kappa shape index (κ1) is 23.5. The van der Waals surface area contributed by atoms with Crippen molar-refractivity contribution in [2.45, 2.75) is 26.1 Å². The van der Waals surface area contributed by atoms with Gasteiger partial charge in [-0.2, -0.15) is 0 Å². The smallest absolute Gasteiger partial charge is 0.339 e. The van der Waals surface area contributed by atoms with Crippen molar-refractivity contribution >= 4 is 17.6 Å². The van der Waals surface area contributed by atoms with Gasteiger partial charge in [-0.25, -0.2) is 4.79 Å². The van der Waals surface area contributed by atoms with Gasteiger partial charge in [0.25, 0.3) is 5.91 Å². The summed E-state index contributed by atoms with van der Waals surface area (Å²) in [6, 6.07) is 22.8. The van der Waals surface area contributed by atoms with Crippen molar-refractivity contribution in [2.75, 3.05) is 7.11 Å². The number of nitro groups is 1. The molecule has 0 saturated heterocycles. The first-order valence-electron chi connectivity index (χ1n) is 10.3. The Balaban J connectivity index is 1.77. The molecule has 3 rings (SSSR count). The van der Waals surface area contributed by atoms with Crippen molar-refractivity contribution in [2.24, 2.45) is 0 Å². The zero-order valence-corrected chi connectivity index (χ0v) is 18.3. The predicted molar refractivity (Wildman–Crippen MR) is 122 cm³/mol. The van der Waals surface area contributed by atoms with Crippen LogP contribution in [0.15, 0.2) is 78.9 Å². The molecule has 0 heterocycles. The van der Waals surface area contributed by atoms with Crippen LogP contribution < -0.4 is 4.74 Å². The topological polar surface area (TPSA) is 99.0 Å². The number of nitro benzene ring substituents is 1. The van der Waals surface area contributed by atoms with Crippen molar-refractivity contribution in [1.29, 1.82) is 0 Å². The van der Waals surface area contributed by atoms with E-state index in [1.165, 1.54) is 26.2 Å². The molecule has 1 amide bonds. The minimum absolute atomic E-state index is 0.0255. The standard InChI is InChI=1S/C25H24N2O6/c1-18(33-25(29)21-13-14-23(32-2)22(15-21)27(30)31)24(28)26(16-19-9-5-3-6-10-19)17-20-11-7-4-8-12-20/h3-15,18H,16-17H2,1-2H3/t18-/m0/s1. The van der Waals surface area contributed by atoms with Crippen LogP contribution in [0.3, 0.4) is 0 Å². The van der Waals surface area contributed by atoms with Crippen LogP contribution in [0.5, 0.6) is 5.75 Å². The second-order valence-corrected chi connectivity index (χ2v) is 7.36. The molecule has 0 saturated carbocycles. The van der Waals surface area contributed by atoms with Crippen molar-refractivity contribution in [3.05, 3.63) is 106 Å². The minimum Gasteiger partial charge on any atom is -0.490 e. The molecule has 0 aromatic heterocycles. The highest BCUT2D eigenvalue weighted by molar-refractivity contribution is 5.93. The maximum Gasteiger partial charge on any atom is 0.339 e. The van der Waals surface area contributed by atoms with Gasteiger partial charge in [0.15, 0.2) is 11.9 Å². The molecule has 0 radical (unpaired) electrons. The highest BCUT2D eigenvalue weighted by Crippen LogP contribution is 2.28. The number of carbonyl (C=O) groups excluding carboxylic acids is 2. The van der Waals surface area contributed by atoms with Crippen LogP contribution >= 0.6 is 0 Å². The molecule has 0 N–H and O–H groups in total. The van der Waals surface area contributed by atoms with Gasteiger partial charge in [0.1, 0.15) is 0 Å². The number of benzene rings is 3. The summed E-state index contributed by atoms with van der Waals surface area (Å²) in [4.78, 5) is 38.0. The molecule has 8 nitrogen and oxygen atoms in total. The van der Waals surface area contributed by atoms with Gasteiger partial charge in [0.2, 0.25) is 0 Å². The number of hydrogen-bond donors (Lipinski definition) is 0. The van der Waals surface area contributed by atoms with E-state index >= 15 is 0 Å². The molecule has 0 spiro atoms. The molecule has 8 heteroatoms. The summed E-state index contributed by atoms with van der Waals surface area (Å²) in [7, 11) is 1.30. The average Bonchev–Trinajstić information content (AvgIpc) is 2.83. The van der Waals surface area contributed by atoms with E-state index in [1.54, 1.807) is 4.90 Å². The zero-order valence-electron chi connectivity index (χ0n) is 18.3. The molecule has 3 aromatic rings. The molecule has 3 aromatic carbocycles. The van der Waals surface area contributed by atoms with Crippen molar-refractivity contribution in [3.63, 3.8) is 0 Å². The first-order valence-corrected chi connectivity index (χ1v) is 10.3. The summed E-state index contributed by atoms with van der Waals surface area (Å²) in [5, 5.41) is 11.2. The largest absolute Gasteiger partial charge is 0.490 e. The third-order valence-corrected chi connectivity index (χ3v) is 4.99. The number of ether oxygens (including phenoxy) is 2.